The molecule has 4 rings (SSSR count). The molecule has 1 N–H and O–H groups in total. The molecule has 140 valence electrons. The molecule has 1 amide bonds. The number of hydrogen-bond acceptors (Lipinski definition) is 5. The van der Waals surface area contributed by atoms with E-state index in [1.165, 1.54) is 0 Å². The molecule has 6 nitrogen and oxygen atoms in total. The largest absolute Gasteiger partial charge is 0.455 e. The first-order valence-electron chi connectivity index (χ1n) is 8.65. The number of carbonyl (C=O) groups excluding carboxylic acids is 2. The van der Waals surface area contributed by atoms with Gasteiger partial charge in [0.1, 0.15) is 0 Å². The van der Waals surface area contributed by atoms with Crippen LogP contribution in [0.5, 0.6) is 11.5 Å². The molecule has 0 atom stereocenters. The van der Waals surface area contributed by atoms with E-state index in [1.54, 1.807) is 18.2 Å². The van der Waals surface area contributed by atoms with Gasteiger partial charge in [0.25, 0.3) is 5.91 Å². The molecule has 0 radical (unpaired) electrons. The van der Waals surface area contributed by atoms with E-state index in [0.29, 0.717) is 35.9 Å². The Bertz CT molecular complexity index is 876. The average Bonchev–Trinajstić information content (AvgIpc) is 3.36. The molecule has 2 aromatic rings. The van der Waals surface area contributed by atoms with Crippen LogP contribution >= 0.6 is 11.6 Å². The lowest BCUT2D eigenvalue weighted by molar-refractivity contribution is -0.151. The summed E-state index contributed by atoms with van der Waals surface area (Å²) in [5.41, 5.74) is 1.11. The minimum absolute atomic E-state index is 0.205. The molecule has 7 heteroatoms. The number of carbonyl (C=O) groups is 2. The summed E-state index contributed by atoms with van der Waals surface area (Å²) < 4.78 is 15.8. The number of benzene rings is 2. The van der Waals surface area contributed by atoms with Gasteiger partial charge < -0.3 is 19.5 Å². The fraction of sp³-hybridized carbons (Fsp3) is 0.300. The molecule has 0 unspecified atom stereocenters. The van der Waals surface area contributed by atoms with Crippen molar-refractivity contribution in [2.24, 2.45) is 0 Å². The molecule has 1 aliphatic carbocycles. The molecule has 2 aliphatic rings. The molecule has 1 heterocycles. The van der Waals surface area contributed by atoms with E-state index in [4.69, 9.17) is 25.8 Å². The van der Waals surface area contributed by atoms with E-state index in [0.717, 1.165) is 11.1 Å². The Morgan fingerprint density at radius 3 is 2.56 bits per heavy atom. The third-order valence-electron chi connectivity index (χ3n) is 4.80. The zero-order valence-electron chi connectivity index (χ0n) is 14.5. The maximum absolute atomic E-state index is 12.5. The van der Waals surface area contributed by atoms with E-state index in [-0.39, 0.29) is 25.3 Å². The summed E-state index contributed by atoms with van der Waals surface area (Å²) in [6.07, 6.45) is 1.43. The second-order valence-electron chi connectivity index (χ2n) is 6.63. The van der Waals surface area contributed by atoms with Crippen molar-refractivity contribution >= 4 is 23.5 Å². The van der Waals surface area contributed by atoms with E-state index in [1.807, 2.05) is 24.3 Å². The number of halogens is 1. The first kappa shape index (κ1) is 17.7. The number of ether oxygens (including phenoxy) is 3. The van der Waals surface area contributed by atoms with Crippen molar-refractivity contribution in [3.05, 3.63) is 58.6 Å². The molecule has 1 fully saturated rings. The van der Waals surface area contributed by atoms with Crippen LogP contribution in [-0.2, 0) is 26.3 Å². The van der Waals surface area contributed by atoms with Crippen LogP contribution in [0.4, 0.5) is 0 Å². The second kappa shape index (κ2) is 7.12. The lowest BCUT2D eigenvalue weighted by atomic mass is 9.96. The lowest BCUT2D eigenvalue weighted by Gasteiger charge is -2.15. The SMILES string of the molecule is O=C(COC(=O)C1(c2ccc(Cl)cc2)CC1)NCc1ccc2c(c1)OCO2. The zero-order valence-corrected chi connectivity index (χ0v) is 15.3. The van der Waals surface area contributed by atoms with Gasteiger partial charge in [0, 0.05) is 11.6 Å². The van der Waals surface area contributed by atoms with Gasteiger partial charge in [-0.05, 0) is 48.2 Å². The highest BCUT2D eigenvalue weighted by molar-refractivity contribution is 6.30. The van der Waals surface area contributed by atoms with Gasteiger partial charge in [0.05, 0.1) is 5.41 Å². The molecule has 1 saturated carbocycles. The van der Waals surface area contributed by atoms with Crippen LogP contribution in [0.25, 0.3) is 0 Å². The van der Waals surface area contributed by atoms with Crippen LogP contribution in [-0.4, -0.2) is 25.3 Å². The Kier molecular flexibility index (Phi) is 4.66. The number of nitrogens with one attached hydrogen (secondary N) is 1. The van der Waals surface area contributed by atoms with Gasteiger partial charge in [0.15, 0.2) is 18.1 Å². The Morgan fingerprint density at radius 2 is 1.81 bits per heavy atom. The predicted molar refractivity (Wildman–Crippen MR) is 97.7 cm³/mol. The van der Waals surface area contributed by atoms with Crippen molar-refractivity contribution in [1.82, 2.24) is 5.32 Å². The fourth-order valence-electron chi connectivity index (χ4n) is 3.08. The molecule has 0 bridgehead atoms. The smallest absolute Gasteiger partial charge is 0.317 e. The monoisotopic (exact) mass is 387 g/mol. The maximum atomic E-state index is 12.5. The third kappa shape index (κ3) is 3.71. The van der Waals surface area contributed by atoms with Crippen molar-refractivity contribution in [3.63, 3.8) is 0 Å². The van der Waals surface area contributed by atoms with Crippen molar-refractivity contribution in [2.75, 3.05) is 13.4 Å². The standard InChI is InChI=1S/C20H18ClNO5/c21-15-4-2-14(3-5-15)20(7-8-20)19(24)25-11-18(23)22-10-13-1-6-16-17(9-13)27-12-26-16/h1-6,9H,7-8,10-12H2,(H,22,23). The molecule has 0 aromatic heterocycles. The van der Waals surface area contributed by atoms with Crippen molar-refractivity contribution in [1.29, 1.82) is 0 Å². The summed E-state index contributed by atoms with van der Waals surface area (Å²) in [5.74, 6) is 0.624. The average molecular weight is 388 g/mol. The Morgan fingerprint density at radius 1 is 1.07 bits per heavy atom. The highest BCUT2D eigenvalue weighted by Gasteiger charge is 2.52. The summed E-state index contributed by atoms with van der Waals surface area (Å²) in [4.78, 5) is 24.5. The van der Waals surface area contributed by atoms with Gasteiger partial charge in [-0.3, -0.25) is 9.59 Å². The van der Waals surface area contributed by atoms with E-state index in [2.05, 4.69) is 5.32 Å². The van der Waals surface area contributed by atoms with Gasteiger partial charge in [-0.2, -0.15) is 0 Å². The number of hydrogen-bond donors (Lipinski definition) is 1. The zero-order chi connectivity index (χ0) is 18.9. The molecular weight excluding hydrogens is 370 g/mol. The number of fused-ring (bicyclic) bond motifs is 1. The van der Waals surface area contributed by atoms with Crippen LogP contribution in [0.15, 0.2) is 42.5 Å². The van der Waals surface area contributed by atoms with Crippen LogP contribution in [0, 0.1) is 0 Å². The predicted octanol–water partition coefficient (Wildman–Crippen LogP) is 2.96. The molecule has 27 heavy (non-hydrogen) atoms. The van der Waals surface area contributed by atoms with E-state index in [9.17, 15) is 9.59 Å². The van der Waals surface area contributed by atoms with Crippen molar-refractivity contribution in [3.8, 4) is 11.5 Å². The molecule has 0 saturated heterocycles. The van der Waals surface area contributed by atoms with Gasteiger partial charge in [-0.1, -0.05) is 29.8 Å². The number of rotatable bonds is 6. The van der Waals surface area contributed by atoms with Crippen LogP contribution in [0.3, 0.4) is 0 Å². The molecule has 1 aliphatic heterocycles. The van der Waals surface area contributed by atoms with Crippen LogP contribution in [0.2, 0.25) is 5.02 Å². The first-order chi connectivity index (χ1) is 13.1. The second-order valence-corrected chi connectivity index (χ2v) is 7.07. The Balaban J connectivity index is 1.28. The van der Waals surface area contributed by atoms with Crippen molar-refractivity contribution < 1.29 is 23.8 Å². The molecule has 0 spiro atoms. The normalized spacial score (nSPS) is 15.9. The minimum atomic E-state index is -0.637. The van der Waals surface area contributed by atoms with Crippen molar-refractivity contribution in [2.45, 2.75) is 24.8 Å². The Labute approximate surface area is 161 Å². The van der Waals surface area contributed by atoms with Crippen LogP contribution in [0.1, 0.15) is 24.0 Å². The summed E-state index contributed by atoms with van der Waals surface area (Å²) in [5, 5.41) is 3.35. The summed E-state index contributed by atoms with van der Waals surface area (Å²) >= 11 is 5.90. The summed E-state index contributed by atoms with van der Waals surface area (Å²) in [6.45, 7) is 0.213. The fourth-order valence-corrected chi connectivity index (χ4v) is 3.20. The maximum Gasteiger partial charge on any atom is 0.317 e. The topological polar surface area (TPSA) is 73.9 Å². The Hall–Kier alpha value is -2.73. The van der Waals surface area contributed by atoms with Gasteiger partial charge in [-0.15, -0.1) is 0 Å². The summed E-state index contributed by atoms with van der Waals surface area (Å²) in [6, 6.07) is 12.6. The van der Waals surface area contributed by atoms with Gasteiger partial charge in [-0.25, -0.2) is 0 Å². The number of esters is 1. The highest BCUT2D eigenvalue weighted by atomic mass is 35.5. The molecule has 2 aromatic carbocycles. The van der Waals surface area contributed by atoms with E-state index < -0.39 is 5.41 Å². The lowest BCUT2D eigenvalue weighted by Crippen LogP contribution is -2.31. The van der Waals surface area contributed by atoms with E-state index >= 15 is 0 Å². The van der Waals surface area contributed by atoms with Gasteiger partial charge >= 0.3 is 5.97 Å². The minimum Gasteiger partial charge on any atom is -0.455 e. The molecular formula is C20H18ClNO5. The quantitative estimate of drug-likeness (QED) is 0.771. The van der Waals surface area contributed by atoms with Gasteiger partial charge in [0.2, 0.25) is 6.79 Å². The van der Waals surface area contributed by atoms with Crippen LogP contribution < -0.4 is 14.8 Å². The first-order valence-corrected chi connectivity index (χ1v) is 9.03. The summed E-state index contributed by atoms with van der Waals surface area (Å²) in [7, 11) is 0. The number of amides is 1. The third-order valence-corrected chi connectivity index (χ3v) is 5.05. The highest BCUT2D eigenvalue weighted by Crippen LogP contribution is 2.49.